The van der Waals surface area contributed by atoms with E-state index < -0.39 is 11.9 Å². The van der Waals surface area contributed by atoms with Crippen molar-refractivity contribution in [3.05, 3.63) is 71.9 Å². The van der Waals surface area contributed by atoms with Gasteiger partial charge in [-0.2, -0.15) is 11.8 Å². The maximum absolute atomic E-state index is 13.9. The van der Waals surface area contributed by atoms with E-state index in [-0.39, 0.29) is 18.1 Å². The number of nitrogens with one attached hydrogen (secondary N) is 1. The molecule has 0 radical (unpaired) electrons. The van der Waals surface area contributed by atoms with Crippen molar-refractivity contribution in [1.82, 2.24) is 4.98 Å². The highest BCUT2D eigenvalue weighted by atomic mass is 32.2. The first-order valence-electron chi connectivity index (χ1n) is 12.6. The van der Waals surface area contributed by atoms with Gasteiger partial charge in [0.05, 0.1) is 25.3 Å². The Morgan fingerprint density at radius 1 is 1.05 bits per heavy atom. The summed E-state index contributed by atoms with van der Waals surface area (Å²) in [5.41, 5.74) is 9.39. The Balaban J connectivity index is 1.63. The summed E-state index contributed by atoms with van der Waals surface area (Å²) in [5, 5.41) is 2.82. The largest absolute Gasteiger partial charge is 0.497 e. The topological polar surface area (TPSA) is 105 Å². The summed E-state index contributed by atoms with van der Waals surface area (Å²) >= 11 is 1.52. The van der Waals surface area contributed by atoms with Gasteiger partial charge in [0, 0.05) is 28.8 Å². The van der Waals surface area contributed by atoms with Crippen molar-refractivity contribution in [2.75, 3.05) is 23.5 Å². The molecule has 0 aliphatic rings. The number of ether oxygens (including phenoxy) is 1. The highest BCUT2D eigenvalue weighted by Crippen LogP contribution is 2.29. The van der Waals surface area contributed by atoms with Gasteiger partial charge in [-0.25, -0.2) is 4.90 Å². The molecule has 0 saturated heterocycles. The quantitative estimate of drug-likeness (QED) is 0.259. The highest BCUT2D eigenvalue weighted by molar-refractivity contribution is 7.99. The highest BCUT2D eigenvalue weighted by Gasteiger charge is 2.29. The summed E-state index contributed by atoms with van der Waals surface area (Å²) in [6, 6.07) is 18.2. The number of nitrogens with zero attached hydrogens (tertiary/aromatic N) is 1. The van der Waals surface area contributed by atoms with E-state index in [4.69, 9.17) is 10.5 Å². The van der Waals surface area contributed by atoms with E-state index in [1.807, 2.05) is 61.5 Å². The van der Waals surface area contributed by atoms with Crippen molar-refractivity contribution >= 4 is 56.7 Å². The third-order valence-electron chi connectivity index (χ3n) is 6.55. The number of Topliss-reactive ketones (excluding diaryl/α,β-unsaturated/α-hetero) is 1. The van der Waals surface area contributed by atoms with E-state index in [1.165, 1.54) is 16.7 Å². The first kappa shape index (κ1) is 27.4. The fraction of sp³-hybridized carbons (Fsp3) is 0.300. The van der Waals surface area contributed by atoms with E-state index in [0.29, 0.717) is 23.6 Å². The Hall–Kier alpha value is -3.62. The minimum Gasteiger partial charge on any atom is -0.497 e. The van der Waals surface area contributed by atoms with E-state index in [0.717, 1.165) is 45.1 Å². The summed E-state index contributed by atoms with van der Waals surface area (Å²) < 4.78 is 5.39. The molecule has 3 N–H and O–H groups in total. The molecule has 0 bridgehead atoms. The molecule has 1 aromatic heterocycles. The van der Waals surface area contributed by atoms with Gasteiger partial charge in [-0.15, -0.1) is 0 Å². The molecular formula is C30H33N3O4S. The molecule has 0 spiro atoms. The maximum Gasteiger partial charge on any atom is 0.251 e. The summed E-state index contributed by atoms with van der Waals surface area (Å²) in [5.74, 6) is 1.12. The summed E-state index contributed by atoms with van der Waals surface area (Å²) in [6.07, 6.45) is 1.26. The Kier molecular flexibility index (Phi) is 8.86. The number of aromatic nitrogens is 1. The predicted molar refractivity (Wildman–Crippen MR) is 155 cm³/mol. The number of fused-ring (bicyclic) bond motifs is 2. The van der Waals surface area contributed by atoms with Crippen molar-refractivity contribution in [3.8, 4) is 5.75 Å². The van der Waals surface area contributed by atoms with Crippen LogP contribution < -0.4 is 15.4 Å². The lowest BCUT2D eigenvalue weighted by Gasteiger charge is -2.25. The number of nitrogens with two attached hydrogens (primary N) is 1. The lowest BCUT2D eigenvalue weighted by atomic mass is 10.0. The van der Waals surface area contributed by atoms with Gasteiger partial charge in [0.15, 0.2) is 0 Å². The number of imide groups is 1. The number of ketones is 1. The SMILES string of the molecule is COc1ccc2[nH]c(C)c(CC(=O)N(C(=O)[C@@H](N)CSCCCC(C)=O)c3ccc4ccccc4c3)c2c1. The standard InChI is InChI=1S/C30H33N3O4S/c1-19(34)7-6-14-38-18-27(31)30(36)33(23-11-10-21-8-4-5-9-22(21)15-23)29(35)17-25-20(2)32-28-13-12-24(37-3)16-26(25)28/h4-5,8-13,15-16,27,32H,6-7,14,17-18,31H2,1-3H3/t27-/m0/s1. The smallest absolute Gasteiger partial charge is 0.251 e. The molecule has 4 rings (SSSR count). The molecule has 8 heteroatoms. The lowest BCUT2D eigenvalue weighted by molar-refractivity contribution is -0.126. The third-order valence-corrected chi connectivity index (χ3v) is 7.72. The first-order chi connectivity index (χ1) is 18.3. The second-order valence-electron chi connectivity index (χ2n) is 9.40. The Bertz CT molecular complexity index is 1480. The second kappa shape index (κ2) is 12.3. The molecule has 1 heterocycles. The molecule has 0 unspecified atom stereocenters. The van der Waals surface area contributed by atoms with Crippen LogP contribution in [0.25, 0.3) is 21.7 Å². The van der Waals surface area contributed by atoms with Crippen LogP contribution in [-0.2, 0) is 20.8 Å². The molecule has 38 heavy (non-hydrogen) atoms. The molecule has 1 atom stereocenters. The van der Waals surface area contributed by atoms with Crippen LogP contribution in [-0.4, -0.2) is 47.2 Å². The molecule has 198 valence electrons. The first-order valence-corrected chi connectivity index (χ1v) is 13.8. The molecule has 0 fully saturated rings. The molecule has 7 nitrogen and oxygen atoms in total. The minimum absolute atomic E-state index is 0.0239. The number of aromatic amines is 1. The number of amides is 2. The van der Waals surface area contributed by atoms with E-state index in [1.54, 1.807) is 20.1 Å². The fourth-order valence-electron chi connectivity index (χ4n) is 4.53. The Labute approximate surface area is 226 Å². The normalized spacial score (nSPS) is 12.0. The van der Waals surface area contributed by atoms with Crippen LogP contribution in [0.4, 0.5) is 5.69 Å². The molecular weight excluding hydrogens is 498 g/mol. The van der Waals surface area contributed by atoms with Crippen LogP contribution in [0.3, 0.4) is 0 Å². The number of benzene rings is 3. The van der Waals surface area contributed by atoms with Crippen LogP contribution in [0, 0.1) is 6.92 Å². The van der Waals surface area contributed by atoms with Crippen molar-refractivity contribution < 1.29 is 19.1 Å². The molecule has 0 aliphatic carbocycles. The Morgan fingerprint density at radius 3 is 2.55 bits per heavy atom. The number of anilines is 1. The second-order valence-corrected chi connectivity index (χ2v) is 10.6. The average molecular weight is 532 g/mol. The van der Waals surface area contributed by atoms with Crippen LogP contribution in [0.1, 0.15) is 31.0 Å². The van der Waals surface area contributed by atoms with Gasteiger partial charge in [-0.05, 0) is 72.7 Å². The maximum atomic E-state index is 13.9. The van der Waals surface area contributed by atoms with Gasteiger partial charge in [-0.3, -0.25) is 9.59 Å². The molecule has 4 aromatic rings. The zero-order valence-electron chi connectivity index (χ0n) is 22.0. The van der Waals surface area contributed by atoms with E-state index >= 15 is 0 Å². The number of thioether (sulfide) groups is 1. The number of hydrogen-bond acceptors (Lipinski definition) is 6. The summed E-state index contributed by atoms with van der Waals surface area (Å²) in [6.45, 7) is 3.49. The van der Waals surface area contributed by atoms with Crippen LogP contribution >= 0.6 is 11.8 Å². The van der Waals surface area contributed by atoms with Gasteiger partial charge >= 0.3 is 0 Å². The zero-order chi connectivity index (χ0) is 27.2. The van der Waals surface area contributed by atoms with Gasteiger partial charge in [0.2, 0.25) is 5.91 Å². The van der Waals surface area contributed by atoms with Crippen molar-refractivity contribution in [2.45, 2.75) is 39.2 Å². The van der Waals surface area contributed by atoms with Gasteiger partial charge in [0.1, 0.15) is 11.5 Å². The van der Waals surface area contributed by atoms with Gasteiger partial charge in [-0.1, -0.05) is 30.3 Å². The molecule has 3 aromatic carbocycles. The predicted octanol–water partition coefficient (Wildman–Crippen LogP) is 5.17. The lowest BCUT2D eigenvalue weighted by Crippen LogP contribution is -2.49. The van der Waals surface area contributed by atoms with E-state index in [2.05, 4.69) is 4.98 Å². The van der Waals surface area contributed by atoms with Gasteiger partial charge < -0.3 is 20.2 Å². The molecule has 0 saturated carbocycles. The number of H-pyrrole nitrogens is 1. The number of aryl methyl sites for hydroxylation is 1. The number of rotatable bonds is 11. The van der Waals surface area contributed by atoms with Crippen molar-refractivity contribution in [2.24, 2.45) is 5.73 Å². The number of hydrogen-bond donors (Lipinski definition) is 2. The zero-order valence-corrected chi connectivity index (χ0v) is 22.8. The summed E-state index contributed by atoms with van der Waals surface area (Å²) in [7, 11) is 1.60. The van der Waals surface area contributed by atoms with E-state index in [9.17, 15) is 14.4 Å². The molecule has 2 amide bonds. The van der Waals surface area contributed by atoms with Crippen molar-refractivity contribution in [1.29, 1.82) is 0 Å². The average Bonchev–Trinajstić information content (AvgIpc) is 3.21. The summed E-state index contributed by atoms with van der Waals surface area (Å²) in [4.78, 5) is 43.3. The monoisotopic (exact) mass is 531 g/mol. The number of carbonyl (C=O) groups excluding carboxylic acids is 3. The fourth-order valence-corrected chi connectivity index (χ4v) is 5.44. The van der Waals surface area contributed by atoms with Crippen molar-refractivity contribution in [3.63, 3.8) is 0 Å². The minimum atomic E-state index is -0.864. The Morgan fingerprint density at radius 2 is 1.82 bits per heavy atom. The van der Waals surface area contributed by atoms with Crippen LogP contribution in [0.2, 0.25) is 0 Å². The van der Waals surface area contributed by atoms with Gasteiger partial charge in [0.25, 0.3) is 5.91 Å². The molecule has 0 aliphatic heterocycles. The van der Waals surface area contributed by atoms with Crippen LogP contribution in [0.15, 0.2) is 60.7 Å². The third kappa shape index (κ3) is 6.26. The number of methoxy groups -OCH3 is 1. The van der Waals surface area contributed by atoms with Crippen LogP contribution in [0.5, 0.6) is 5.75 Å². The number of carbonyl (C=O) groups is 3.